The molecular formula is C66H49N4P. The van der Waals surface area contributed by atoms with Gasteiger partial charge in [-0.25, -0.2) is 0 Å². The summed E-state index contributed by atoms with van der Waals surface area (Å²) in [5.74, 6) is 0. The van der Waals surface area contributed by atoms with Gasteiger partial charge in [-0.3, -0.25) is 0 Å². The third-order valence-corrected chi connectivity index (χ3v) is 15.6. The summed E-state index contributed by atoms with van der Waals surface area (Å²) in [4.78, 5) is 9.46. The number of para-hydroxylation sites is 6. The fraction of sp³-hybridized carbons (Fsp3) is 0. The highest BCUT2D eigenvalue weighted by molar-refractivity contribution is 7.68. The van der Waals surface area contributed by atoms with Crippen LogP contribution in [0.2, 0.25) is 0 Å². The Hall–Kier alpha value is -9.08. The Balaban J connectivity index is 1.06. The number of rotatable bonds is 13. The molecule has 1 aromatic heterocycles. The lowest BCUT2D eigenvalue weighted by Crippen LogP contribution is -2.14. The first-order chi connectivity index (χ1) is 35.2. The van der Waals surface area contributed by atoms with E-state index in [1.807, 2.05) is 0 Å². The number of hydrogen-bond acceptors (Lipinski definition) is 4. The molecule has 0 aliphatic heterocycles. The zero-order valence-corrected chi connectivity index (χ0v) is 39.9. The van der Waals surface area contributed by atoms with Gasteiger partial charge in [-0.15, -0.1) is 0 Å². The number of anilines is 12. The van der Waals surface area contributed by atoms with E-state index in [-0.39, 0.29) is 0 Å². The molecule has 0 spiro atoms. The van der Waals surface area contributed by atoms with E-state index in [1.54, 1.807) is 0 Å². The molecule has 11 aromatic carbocycles. The van der Waals surface area contributed by atoms with Gasteiger partial charge in [0, 0.05) is 83.8 Å². The van der Waals surface area contributed by atoms with Crippen LogP contribution in [0.15, 0.2) is 297 Å². The summed E-state index contributed by atoms with van der Waals surface area (Å²) in [7, 11) is -0.927. The van der Waals surface area contributed by atoms with Gasteiger partial charge in [-0.1, -0.05) is 165 Å². The molecule has 0 bridgehead atoms. The predicted octanol–water partition coefficient (Wildman–Crippen LogP) is 19.8. The van der Waals surface area contributed by atoms with Crippen LogP contribution in [-0.4, -0.2) is 0 Å². The van der Waals surface area contributed by atoms with Crippen molar-refractivity contribution >= 4 is 96.8 Å². The molecule has 12 aromatic rings. The van der Waals surface area contributed by atoms with Crippen LogP contribution >= 0.6 is 7.53 Å². The molecule has 12 rings (SSSR count). The van der Waals surface area contributed by atoms with Crippen LogP contribution in [-0.2, 0) is 0 Å². The first-order valence-electron chi connectivity index (χ1n) is 24.1. The number of fused-ring (bicyclic) bond motifs is 3. The van der Waals surface area contributed by atoms with Crippen molar-refractivity contribution in [3.05, 3.63) is 297 Å². The SMILES string of the molecule is c1ccc(N(c2ccccc2)c2ccc(N(c3ccccc3)c3cc(N(c4ccccc4)c4ccc(N(c5ccccc5)c5ccccc5)cc4)cc(-p4c5ccccc5c5ccccc54)c3)cc2)cc1. The Morgan fingerprint density at radius 3 is 0.662 bits per heavy atom. The van der Waals surface area contributed by atoms with Gasteiger partial charge in [0.2, 0.25) is 0 Å². The second-order valence-electron chi connectivity index (χ2n) is 17.5. The lowest BCUT2D eigenvalue weighted by Gasteiger charge is -2.31. The summed E-state index contributed by atoms with van der Waals surface area (Å²) < 4.78 is 0. The lowest BCUT2D eigenvalue weighted by molar-refractivity contribution is 1.24. The van der Waals surface area contributed by atoms with Crippen molar-refractivity contribution < 1.29 is 0 Å². The molecular weight excluding hydrogens is 880 g/mol. The summed E-state index contributed by atoms with van der Waals surface area (Å²) in [6, 6.07) is 107. The molecule has 0 aliphatic rings. The molecule has 0 unspecified atom stereocenters. The van der Waals surface area contributed by atoms with E-state index in [9.17, 15) is 0 Å². The van der Waals surface area contributed by atoms with Crippen LogP contribution in [0.25, 0.3) is 26.3 Å². The molecule has 0 saturated carbocycles. The second-order valence-corrected chi connectivity index (χ2v) is 19.6. The van der Waals surface area contributed by atoms with Crippen LogP contribution < -0.4 is 19.6 Å². The molecule has 5 heteroatoms. The first-order valence-corrected chi connectivity index (χ1v) is 25.4. The van der Waals surface area contributed by atoms with Gasteiger partial charge in [0.05, 0.1) is 0 Å². The van der Waals surface area contributed by atoms with Crippen LogP contribution in [0.1, 0.15) is 0 Å². The van der Waals surface area contributed by atoms with Crippen molar-refractivity contribution in [2.24, 2.45) is 0 Å². The summed E-state index contributed by atoms with van der Waals surface area (Å²) in [6.07, 6.45) is 0. The van der Waals surface area contributed by atoms with Gasteiger partial charge in [-0.05, 0) is 150 Å². The molecule has 0 saturated heterocycles. The zero-order chi connectivity index (χ0) is 47.3. The Kier molecular flexibility index (Phi) is 11.9. The molecule has 338 valence electrons. The molecule has 0 fully saturated rings. The van der Waals surface area contributed by atoms with Gasteiger partial charge < -0.3 is 19.6 Å². The van der Waals surface area contributed by atoms with E-state index in [1.165, 1.54) is 26.3 Å². The standard InChI is InChI=1S/C66H49N4P/c1-7-23-50(24-8-1)67(51-25-9-2-10-26-51)56-39-43-58(44-40-56)69(54-31-15-5-16-32-54)60-47-61(49-62(48-60)71-65-37-21-19-35-63(65)64-36-20-22-38-66(64)71)70(55-33-17-6-18-34-55)59-45-41-57(42-46-59)68(52-27-11-3-12-28-52)53-29-13-4-14-30-53/h1-49H. The Morgan fingerprint density at radius 2 is 0.394 bits per heavy atom. The Morgan fingerprint density at radius 1 is 0.183 bits per heavy atom. The number of benzene rings is 11. The van der Waals surface area contributed by atoms with Gasteiger partial charge in [0.15, 0.2) is 0 Å². The maximum atomic E-state index is 2.44. The highest BCUT2D eigenvalue weighted by Crippen LogP contribution is 2.57. The highest BCUT2D eigenvalue weighted by atomic mass is 31.1. The van der Waals surface area contributed by atoms with E-state index in [4.69, 9.17) is 0 Å². The first kappa shape index (κ1) is 43.2. The van der Waals surface area contributed by atoms with E-state index < -0.39 is 7.53 Å². The number of hydrogen-bond donors (Lipinski definition) is 0. The van der Waals surface area contributed by atoms with Gasteiger partial charge in [0.25, 0.3) is 0 Å². The molecule has 1 heterocycles. The lowest BCUT2D eigenvalue weighted by atomic mass is 10.1. The second kappa shape index (κ2) is 19.5. The highest BCUT2D eigenvalue weighted by Gasteiger charge is 2.23. The van der Waals surface area contributed by atoms with Crippen molar-refractivity contribution in [2.45, 2.75) is 0 Å². The van der Waals surface area contributed by atoms with E-state index in [2.05, 4.69) is 317 Å². The Labute approximate surface area is 416 Å². The van der Waals surface area contributed by atoms with Crippen molar-refractivity contribution in [1.82, 2.24) is 0 Å². The third kappa shape index (κ3) is 8.59. The normalized spacial score (nSPS) is 11.1. The number of nitrogens with zero attached hydrogens (tertiary/aromatic N) is 4. The fourth-order valence-electron chi connectivity index (χ4n) is 9.92. The summed E-state index contributed by atoms with van der Waals surface area (Å²) >= 11 is 0. The zero-order valence-electron chi connectivity index (χ0n) is 39.0. The largest absolute Gasteiger partial charge is 0.311 e. The quantitative estimate of drug-likeness (QED) is 0.114. The minimum Gasteiger partial charge on any atom is -0.311 e. The fourth-order valence-corrected chi connectivity index (χ4v) is 12.6. The smallest absolute Gasteiger partial charge is 0.0491 e. The molecule has 0 amide bonds. The third-order valence-electron chi connectivity index (χ3n) is 13.1. The minimum atomic E-state index is -0.927. The van der Waals surface area contributed by atoms with Crippen molar-refractivity contribution in [1.29, 1.82) is 0 Å². The average molecular weight is 929 g/mol. The van der Waals surface area contributed by atoms with Crippen molar-refractivity contribution in [3.63, 3.8) is 0 Å². The maximum Gasteiger partial charge on any atom is 0.0491 e. The molecule has 0 aliphatic carbocycles. The van der Waals surface area contributed by atoms with E-state index >= 15 is 0 Å². The summed E-state index contributed by atoms with van der Waals surface area (Å²) in [6.45, 7) is 0. The van der Waals surface area contributed by atoms with Crippen LogP contribution in [0.3, 0.4) is 0 Å². The molecule has 71 heavy (non-hydrogen) atoms. The van der Waals surface area contributed by atoms with Crippen LogP contribution in [0.4, 0.5) is 68.2 Å². The topological polar surface area (TPSA) is 13.0 Å². The average Bonchev–Trinajstić information content (AvgIpc) is 3.78. The molecule has 0 radical (unpaired) electrons. The maximum absolute atomic E-state index is 2.44. The Bertz CT molecular complexity index is 3360. The van der Waals surface area contributed by atoms with E-state index in [0.29, 0.717) is 0 Å². The van der Waals surface area contributed by atoms with Crippen molar-refractivity contribution in [2.75, 3.05) is 19.6 Å². The van der Waals surface area contributed by atoms with Gasteiger partial charge >= 0.3 is 0 Å². The summed E-state index contributed by atoms with van der Waals surface area (Å²) in [5, 5.41) is 6.66. The molecule has 0 atom stereocenters. The minimum absolute atomic E-state index is 0.927. The van der Waals surface area contributed by atoms with Crippen LogP contribution in [0, 0.1) is 0 Å². The monoisotopic (exact) mass is 928 g/mol. The van der Waals surface area contributed by atoms with Crippen molar-refractivity contribution in [3.8, 4) is 5.30 Å². The molecule has 4 nitrogen and oxygen atoms in total. The molecule has 0 N–H and O–H groups in total. The van der Waals surface area contributed by atoms with Crippen LogP contribution in [0.5, 0.6) is 0 Å². The van der Waals surface area contributed by atoms with Gasteiger partial charge in [0.1, 0.15) is 0 Å². The predicted molar refractivity (Wildman–Crippen MR) is 304 cm³/mol. The van der Waals surface area contributed by atoms with E-state index in [0.717, 1.165) is 68.2 Å². The summed E-state index contributed by atoms with van der Waals surface area (Å²) in [5.41, 5.74) is 13.0. The van der Waals surface area contributed by atoms with Gasteiger partial charge in [-0.2, -0.15) is 0 Å².